The molecule has 0 unspecified atom stereocenters. The zero-order chi connectivity index (χ0) is 17.0. The van der Waals surface area contributed by atoms with Gasteiger partial charge in [0.05, 0.1) is 9.90 Å². The summed E-state index contributed by atoms with van der Waals surface area (Å²) in [7, 11) is 3.84. The van der Waals surface area contributed by atoms with E-state index < -0.39 is 0 Å². The van der Waals surface area contributed by atoms with Crippen molar-refractivity contribution in [3.8, 4) is 0 Å². The first-order valence-electron chi connectivity index (χ1n) is 6.86. The second-order valence-electron chi connectivity index (χ2n) is 4.97. The van der Waals surface area contributed by atoms with Crippen LogP contribution < -0.4 is 15.5 Å². The van der Waals surface area contributed by atoms with Crippen molar-refractivity contribution in [2.24, 2.45) is 0 Å². The number of nitrogens with one attached hydrogen (secondary N) is 2. The molecule has 2 aromatic rings. The average molecular weight is 374 g/mol. The molecule has 2 rings (SSSR count). The highest BCUT2D eigenvalue weighted by Gasteiger charge is 2.13. The quantitative estimate of drug-likeness (QED) is 0.761. The molecule has 0 aliphatic rings. The zero-order valence-electron chi connectivity index (χ0n) is 13.0. The number of rotatable bonds is 6. The van der Waals surface area contributed by atoms with Gasteiger partial charge in [0.25, 0.3) is 5.91 Å². The summed E-state index contributed by atoms with van der Waals surface area (Å²) < 4.78 is 0.883. The second kappa shape index (κ2) is 7.81. The van der Waals surface area contributed by atoms with E-state index in [0.29, 0.717) is 39.0 Å². The number of halogens is 2. The van der Waals surface area contributed by atoms with Crippen LogP contribution in [0.25, 0.3) is 0 Å². The normalized spacial score (nSPS) is 10.5. The van der Waals surface area contributed by atoms with Crippen LogP contribution in [0.5, 0.6) is 0 Å². The number of anilines is 2. The molecule has 2 aromatic heterocycles. The van der Waals surface area contributed by atoms with Crippen molar-refractivity contribution in [2.45, 2.75) is 6.92 Å². The molecule has 0 saturated carbocycles. The van der Waals surface area contributed by atoms with Gasteiger partial charge in [-0.25, -0.2) is 9.97 Å². The van der Waals surface area contributed by atoms with Gasteiger partial charge in [-0.2, -0.15) is 0 Å². The van der Waals surface area contributed by atoms with E-state index >= 15 is 0 Å². The molecule has 2 heterocycles. The Bertz CT molecular complexity index is 704. The Hall–Kier alpha value is -1.57. The molecule has 0 fully saturated rings. The Morgan fingerprint density at radius 2 is 2.00 bits per heavy atom. The van der Waals surface area contributed by atoms with Crippen LogP contribution in [0.1, 0.15) is 16.2 Å². The van der Waals surface area contributed by atoms with Gasteiger partial charge in [0, 0.05) is 33.3 Å². The first kappa shape index (κ1) is 17.8. The summed E-state index contributed by atoms with van der Waals surface area (Å²) in [5, 5.41) is 5.94. The van der Waals surface area contributed by atoms with E-state index in [2.05, 4.69) is 20.6 Å². The summed E-state index contributed by atoms with van der Waals surface area (Å²) in [4.78, 5) is 22.5. The number of carbonyl (C=O) groups is 1. The molecule has 0 atom stereocenters. The molecular formula is C14H17Cl2N5OS. The minimum Gasteiger partial charge on any atom is -0.368 e. The lowest BCUT2D eigenvalue weighted by molar-refractivity contribution is 0.0956. The van der Waals surface area contributed by atoms with Crippen molar-refractivity contribution in [3.63, 3.8) is 0 Å². The van der Waals surface area contributed by atoms with E-state index in [4.69, 9.17) is 23.2 Å². The van der Waals surface area contributed by atoms with Crippen LogP contribution >= 0.6 is 34.5 Å². The fourth-order valence-electron chi connectivity index (χ4n) is 1.83. The molecule has 0 bridgehead atoms. The van der Waals surface area contributed by atoms with Crippen LogP contribution in [0.15, 0.2) is 12.1 Å². The van der Waals surface area contributed by atoms with Gasteiger partial charge in [-0.1, -0.05) is 23.2 Å². The third-order valence-corrected chi connectivity index (χ3v) is 4.39. The molecule has 1 amide bonds. The lowest BCUT2D eigenvalue weighted by Gasteiger charge is -2.14. The lowest BCUT2D eigenvalue weighted by Crippen LogP contribution is -2.28. The molecule has 0 radical (unpaired) electrons. The highest BCUT2D eigenvalue weighted by molar-refractivity contribution is 7.20. The molecule has 9 heteroatoms. The number of aryl methyl sites for hydroxylation is 1. The predicted octanol–water partition coefficient (Wildman–Crippen LogP) is 3.06. The van der Waals surface area contributed by atoms with Gasteiger partial charge in [-0.15, -0.1) is 11.3 Å². The van der Waals surface area contributed by atoms with Gasteiger partial charge in [0.15, 0.2) is 0 Å². The monoisotopic (exact) mass is 373 g/mol. The summed E-state index contributed by atoms with van der Waals surface area (Å²) in [6, 6.07) is 3.42. The standard InChI is InChI=1S/C14H17Cl2N5OS/c1-8-19-11(7-12(20-8)21(2)3)17-4-5-18-14(22)9-6-10(15)23-13(9)16/h6-7H,4-5H2,1-3H3,(H,18,22)(H,17,19,20). The lowest BCUT2D eigenvalue weighted by atomic mass is 10.3. The minimum atomic E-state index is -0.243. The summed E-state index contributed by atoms with van der Waals surface area (Å²) in [5.41, 5.74) is 0.398. The van der Waals surface area contributed by atoms with E-state index in [-0.39, 0.29) is 5.91 Å². The van der Waals surface area contributed by atoms with Crippen LogP contribution in [-0.4, -0.2) is 43.1 Å². The molecular weight excluding hydrogens is 357 g/mol. The van der Waals surface area contributed by atoms with Gasteiger partial charge in [0.1, 0.15) is 21.8 Å². The van der Waals surface area contributed by atoms with Crippen LogP contribution in [0.3, 0.4) is 0 Å². The number of aromatic nitrogens is 2. The number of hydrogen-bond donors (Lipinski definition) is 2. The fraction of sp³-hybridized carbons (Fsp3) is 0.357. The van der Waals surface area contributed by atoms with Crippen LogP contribution in [0.2, 0.25) is 8.67 Å². The Balaban J connectivity index is 1.86. The molecule has 124 valence electrons. The largest absolute Gasteiger partial charge is 0.368 e. The van der Waals surface area contributed by atoms with Gasteiger partial charge in [0.2, 0.25) is 0 Å². The maximum Gasteiger partial charge on any atom is 0.253 e. The Morgan fingerprint density at radius 1 is 1.26 bits per heavy atom. The van der Waals surface area contributed by atoms with Crippen molar-refractivity contribution in [1.29, 1.82) is 0 Å². The first-order chi connectivity index (χ1) is 10.9. The Morgan fingerprint density at radius 3 is 2.61 bits per heavy atom. The molecule has 23 heavy (non-hydrogen) atoms. The van der Waals surface area contributed by atoms with Crippen molar-refractivity contribution in [2.75, 3.05) is 37.4 Å². The summed E-state index contributed by atoms with van der Waals surface area (Å²) in [6.45, 7) is 2.80. The number of nitrogens with zero attached hydrogens (tertiary/aromatic N) is 3. The summed E-state index contributed by atoms with van der Waals surface area (Å²) in [5.74, 6) is 1.98. The van der Waals surface area contributed by atoms with Gasteiger partial charge >= 0.3 is 0 Å². The predicted molar refractivity (Wildman–Crippen MR) is 96.3 cm³/mol. The van der Waals surface area contributed by atoms with E-state index in [1.165, 1.54) is 11.3 Å². The molecule has 6 nitrogen and oxygen atoms in total. The highest BCUT2D eigenvalue weighted by atomic mass is 35.5. The van der Waals surface area contributed by atoms with E-state index in [9.17, 15) is 4.79 Å². The van der Waals surface area contributed by atoms with Gasteiger partial charge in [-0.05, 0) is 13.0 Å². The molecule has 0 saturated heterocycles. The number of amides is 1. The average Bonchev–Trinajstić information content (AvgIpc) is 2.81. The molecule has 0 spiro atoms. The zero-order valence-corrected chi connectivity index (χ0v) is 15.3. The van der Waals surface area contributed by atoms with Crippen molar-refractivity contribution >= 4 is 52.1 Å². The second-order valence-corrected chi connectivity index (χ2v) is 7.26. The molecule has 0 aliphatic heterocycles. The van der Waals surface area contributed by atoms with Crippen molar-refractivity contribution < 1.29 is 4.79 Å². The fourth-order valence-corrected chi connectivity index (χ4v) is 3.29. The minimum absolute atomic E-state index is 0.243. The van der Waals surface area contributed by atoms with Crippen LogP contribution in [-0.2, 0) is 0 Å². The first-order valence-corrected chi connectivity index (χ1v) is 8.44. The van der Waals surface area contributed by atoms with Gasteiger partial charge < -0.3 is 15.5 Å². The number of hydrogen-bond acceptors (Lipinski definition) is 6. The van der Waals surface area contributed by atoms with E-state index in [0.717, 1.165) is 5.82 Å². The molecule has 0 aromatic carbocycles. The van der Waals surface area contributed by atoms with Crippen LogP contribution in [0, 0.1) is 6.92 Å². The van der Waals surface area contributed by atoms with Crippen LogP contribution in [0.4, 0.5) is 11.6 Å². The third-order valence-electron chi connectivity index (χ3n) is 2.90. The van der Waals surface area contributed by atoms with Crippen molar-refractivity contribution in [1.82, 2.24) is 15.3 Å². The summed E-state index contributed by atoms with van der Waals surface area (Å²) in [6.07, 6.45) is 0. The van der Waals surface area contributed by atoms with E-state index in [1.807, 2.05) is 32.0 Å². The van der Waals surface area contributed by atoms with Gasteiger partial charge in [-0.3, -0.25) is 4.79 Å². The molecule has 0 aliphatic carbocycles. The maximum atomic E-state index is 12.0. The highest BCUT2D eigenvalue weighted by Crippen LogP contribution is 2.30. The smallest absolute Gasteiger partial charge is 0.253 e. The summed E-state index contributed by atoms with van der Waals surface area (Å²) >= 11 is 13.0. The maximum absolute atomic E-state index is 12.0. The topological polar surface area (TPSA) is 70.2 Å². The SMILES string of the molecule is Cc1nc(NCCNC(=O)c2cc(Cl)sc2Cl)cc(N(C)C)n1. The van der Waals surface area contributed by atoms with Crippen molar-refractivity contribution in [3.05, 3.63) is 32.2 Å². The van der Waals surface area contributed by atoms with E-state index in [1.54, 1.807) is 6.07 Å². The third kappa shape index (κ3) is 4.95. The Kier molecular flexibility index (Phi) is 6.04. The number of thiophene rings is 1. The number of carbonyl (C=O) groups excluding carboxylic acids is 1. The molecule has 2 N–H and O–H groups in total. The Labute approximate surface area is 148 Å².